The maximum Gasteiger partial charge on any atom is 0.254 e. The Hall–Kier alpha value is -5.91. The van der Waals surface area contributed by atoms with Gasteiger partial charge in [0.2, 0.25) is 5.91 Å². The van der Waals surface area contributed by atoms with Gasteiger partial charge in [0.15, 0.2) is 5.96 Å². The Morgan fingerprint density at radius 1 is 0.885 bits per heavy atom. The molecule has 1 atom stereocenters. The number of rotatable bonds is 11. The number of halogens is 1. The molecule has 1 aliphatic heterocycles. The van der Waals surface area contributed by atoms with Crippen molar-refractivity contribution in [1.82, 2.24) is 14.5 Å². The molecule has 11 nitrogen and oxygen atoms in total. The summed E-state index contributed by atoms with van der Waals surface area (Å²) in [4.78, 5) is 39.8. The number of aromatic nitrogens is 2. The Labute approximate surface area is 302 Å². The zero-order valence-corrected chi connectivity index (χ0v) is 29.8. The summed E-state index contributed by atoms with van der Waals surface area (Å²) in [6.07, 6.45) is 0.860. The number of anilines is 1. The molecule has 4 aromatic carbocycles. The van der Waals surface area contributed by atoms with Gasteiger partial charge in [0.1, 0.15) is 29.2 Å². The lowest BCUT2D eigenvalue weighted by atomic mass is 9.87. The van der Waals surface area contributed by atoms with Crippen LogP contribution in [0.4, 0.5) is 10.1 Å². The smallest absolute Gasteiger partial charge is 0.254 e. The first-order valence-electron chi connectivity index (χ1n) is 17.4. The van der Waals surface area contributed by atoms with Crippen LogP contribution >= 0.6 is 0 Å². The van der Waals surface area contributed by atoms with E-state index in [2.05, 4.69) is 42.8 Å². The van der Waals surface area contributed by atoms with Crippen LogP contribution in [-0.4, -0.2) is 64.9 Å². The lowest BCUT2D eigenvalue weighted by Crippen LogP contribution is -2.48. The second kappa shape index (κ2) is 15.1. The van der Waals surface area contributed by atoms with E-state index < -0.39 is 11.9 Å². The first kappa shape index (κ1) is 35.9. The predicted octanol–water partition coefficient (Wildman–Crippen LogP) is 5.97. The van der Waals surface area contributed by atoms with Crippen molar-refractivity contribution >= 4 is 34.5 Å². The second-order valence-corrected chi connectivity index (χ2v) is 14.0. The number of aliphatic imine (C=N–C) groups is 1. The topological polar surface area (TPSA) is 158 Å². The van der Waals surface area contributed by atoms with E-state index in [0.29, 0.717) is 85.0 Å². The van der Waals surface area contributed by atoms with E-state index in [-0.39, 0.29) is 23.1 Å². The van der Waals surface area contributed by atoms with Gasteiger partial charge in [-0.05, 0) is 90.6 Å². The normalized spacial score (nSPS) is 13.9. The van der Waals surface area contributed by atoms with E-state index in [9.17, 15) is 14.0 Å². The van der Waals surface area contributed by atoms with E-state index in [1.54, 1.807) is 24.3 Å². The highest BCUT2D eigenvalue weighted by atomic mass is 19.1. The number of amides is 2. The molecule has 270 valence electrons. The average Bonchev–Trinajstić information content (AvgIpc) is 3.50. The first-order chi connectivity index (χ1) is 24.9. The van der Waals surface area contributed by atoms with E-state index in [0.717, 1.165) is 5.69 Å². The van der Waals surface area contributed by atoms with E-state index in [1.807, 2.05) is 51.9 Å². The van der Waals surface area contributed by atoms with Gasteiger partial charge in [-0.15, -0.1) is 0 Å². The number of hydrogen-bond donors (Lipinski definition) is 3. The molecule has 0 unspecified atom stereocenters. The zero-order valence-electron chi connectivity index (χ0n) is 29.8. The van der Waals surface area contributed by atoms with Crippen molar-refractivity contribution < 1.29 is 18.7 Å². The number of hydrogen-bond acceptors (Lipinski definition) is 6. The van der Waals surface area contributed by atoms with Gasteiger partial charge < -0.3 is 36.3 Å². The van der Waals surface area contributed by atoms with Gasteiger partial charge in [0.25, 0.3) is 5.91 Å². The summed E-state index contributed by atoms with van der Waals surface area (Å²) in [5.74, 6) is 0.836. The molecule has 0 aliphatic carbocycles. The van der Waals surface area contributed by atoms with Crippen LogP contribution in [0.15, 0.2) is 96.0 Å². The summed E-state index contributed by atoms with van der Waals surface area (Å²) in [7, 11) is 0. The molecule has 2 amide bonds. The largest absolute Gasteiger partial charge is 0.457 e. The number of ether oxygens (including phenoxy) is 1. The van der Waals surface area contributed by atoms with Gasteiger partial charge in [-0.25, -0.2) is 9.37 Å². The minimum atomic E-state index is -0.773. The Bertz CT molecular complexity index is 2080. The highest BCUT2D eigenvalue weighted by Crippen LogP contribution is 2.34. The molecule has 5 aromatic rings. The number of fused-ring (bicyclic) bond motifs is 1. The standard InChI is InChI=1S/C40H45FN8O3/c1-40(2,3)28-10-16-31(17-11-28)52-32-7-4-6-26(24-32)37-46-33-25-27(9-18-34(33)49(37)35(36(42)50)8-5-19-45-39(43)44)38(51)48-22-20-47(21-23-48)30-14-12-29(41)13-15-30/h4,6-7,9-18,24-25,35H,5,8,19-23H2,1-3H3,(H2,42,50)(H4,43,44,45)/t35-/m0/s1. The molecular weight excluding hydrogens is 659 g/mol. The Morgan fingerprint density at radius 2 is 1.60 bits per heavy atom. The fraction of sp³-hybridized carbons (Fsp3) is 0.300. The van der Waals surface area contributed by atoms with Crippen LogP contribution in [0.5, 0.6) is 11.5 Å². The molecule has 0 bridgehead atoms. The number of nitrogens with two attached hydrogens (primary N) is 3. The minimum Gasteiger partial charge on any atom is -0.457 e. The number of nitrogens with zero attached hydrogens (tertiary/aromatic N) is 5. The summed E-state index contributed by atoms with van der Waals surface area (Å²) in [5, 5.41) is 0. The number of guanidine groups is 1. The number of carbonyl (C=O) groups is 2. The van der Waals surface area contributed by atoms with Gasteiger partial charge in [-0.1, -0.05) is 45.0 Å². The molecule has 1 aliphatic rings. The zero-order chi connectivity index (χ0) is 37.0. The molecule has 0 saturated carbocycles. The summed E-state index contributed by atoms with van der Waals surface area (Å²) in [6.45, 7) is 9.09. The summed E-state index contributed by atoms with van der Waals surface area (Å²) in [6, 6.07) is 26.5. The predicted molar refractivity (Wildman–Crippen MR) is 203 cm³/mol. The minimum absolute atomic E-state index is 0.0163. The summed E-state index contributed by atoms with van der Waals surface area (Å²) in [5.41, 5.74) is 21.6. The Balaban J connectivity index is 1.31. The third-order valence-electron chi connectivity index (χ3n) is 9.31. The maximum atomic E-state index is 13.8. The van der Waals surface area contributed by atoms with Crippen LogP contribution in [0.1, 0.15) is 55.6 Å². The van der Waals surface area contributed by atoms with Crippen LogP contribution in [0.3, 0.4) is 0 Å². The molecule has 1 saturated heterocycles. The fourth-order valence-electron chi connectivity index (χ4n) is 6.50. The number of piperazine rings is 1. The fourth-order valence-corrected chi connectivity index (χ4v) is 6.50. The molecular formula is C40H45FN8O3. The first-order valence-corrected chi connectivity index (χ1v) is 17.4. The number of imidazole rings is 1. The maximum absolute atomic E-state index is 13.8. The van der Waals surface area contributed by atoms with Crippen LogP contribution in [0, 0.1) is 5.82 Å². The van der Waals surface area contributed by atoms with E-state index >= 15 is 0 Å². The van der Waals surface area contributed by atoms with Crippen molar-refractivity contribution in [1.29, 1.82) is 0 Å². The highest BCUT2D eigenvalue weighted by Gasteiger charge is 2.27. The lowest BCUT2D eigenvalue weighted by molar-refractivity contribution is -0.121. The average molecular weight is 705 g/mol. The number of benzene rings is 4. The van der Waals surface area contributed by atoms with Gasteiger partial charge in [-0.2, -0.15) is 0 Å². The molecule has 6 N–H and O–H groups in total. The molecule has 0 radical (unpaired) electrons. The monoisotopic (exact) mass is 704 g/mol. The molecule has 52 heavy (non-hydrogen) atoms. The van der Waals surface area contributed by atoms with Crippen molar-refractivity contribution in [2.75, 3.05) is 37.6 Å². The van der Waals surface area contributed by atoms with Gasteiger partial charge in [0.05, 0.1) is 11.0 Å². The van der Waals surface area contributed by atoms with Crippen LogP contribution < -0.4 is 26.8 Å². The molecule has 1 fully saturated rings. The highest BCUT2D eigenvalue weighted by molar-refractivity contribution is 5.98. The van der Waals surface area contributed by atoms with Crippen molar-refractivity contribution in [3.8, 4) is 22.9 Å². The van der Waals surface area contributed by atoms with Crippen LogP contribution in [0.25, 0.3) is 22.4 Å². The van der Waals surface area contributed by atoms with Crippen molar-refractivity contribution in [2.24, 2.45) is 22.2 Å². The quantitative estimate of drug-likeness (QED) is 0.0868. The third-order valence-corrected chi connectivity index (χ3v) is 9.31. The van der Waals surface area contributed by atoms with Crippen molar-refractivity contribution in [3.05, 3.63) is 108 Å². The second-order valence-electron chi connectivity index (χ2n) is 14.0. The Morgan fingerprint density at radius 3 is 2.25 bits per heavy atom. The third kappa shape index (κ3) is 8.17. The van der Waals surface area contributed by atoms with Gasteiger partial charge >= 0.3 is 0 Å². The van der Waals surface area contributed by atoms with Crippen LogP contribution in [0.2, 0.25) is 0 Å². The SMILES string of the molecule is CC(C)(C)c1ccc(Oc2cccc(-c3nc4cc(C(=O)N5CCN(c6ccc(F)cc6)CC5)ccc4n3[C@@H](CCCN=C(N)N)C(N)=O)c2)cc1. The summed E-state index contributed by atoms with van der Waals surface area (Å²) < 4.78 is 21.5. The van der Waals surface area contributed by atoms with E-state index in [1.165, 1.54) is 17.7 Å². The van der Waals surface area contributed by atoms with Gasteiger partial charge in [-0.3, -0.25) is 14.6 Å². The number of primary amides is 1. The molecule has 2 heterocycles. The number of carbonyl (C=O) groups excluding carboxylic acids is 2. The van der Waals surface area contributed by atoms with Crippen molar-refractivity contribution in [2.45, 2.75) is 45.1 Å². The molecule has 0 spiro atoms. The van der Waals surface area contributed by atoms with Crippen molar-refractivity contribution in [3.63, 3.8) is 0 Å². The van der Waals surface area contributed by atoms with Crippen LogP contribution in [-0.2, 0) is 10.2 Å². The van der Waals surface area contributed by atoms with E-state index in [4.69, 9.17) is 26.9 Å². The van der Waals surface area contributed by atoms with Gasteiger partial charge in [0, 0.05) is 49.5 Å². The summed E-state index contributed by atoms with van der Waals surface area (Å²) >= 11 is 0. The lowest BCUT2D eigenvalue weighted by Gasteiger charge is -2.36. The Kier molecular flexibility index (Phi) is 10.5. The molecule has 12 heteroatoms. The molecule has 6 rings (SSSR count). The molecule has 1 aromatic heterocycles.